The number of piperidine rings is 1. The van der Waals surface area contributed by atoms with Gasteiger partial charge >= 0.3 is 11.9 Å². The van der Waals surface area contributed by atoms with E-state index in [9.17, 15) is 24.3 Å². The molecule has 7 nitrogen and oxygen atoms in total. The van der Waals surface area contributed by atoms with Gasteiger partial charge in [0, 0.05) is 12.6 Å². The molecule has 146 valence electrons. The number of hydrogen-bond acceptors (Lipinski definition) is 5. The number of esters is 1. The van der Waals surface area contributed by atoms with E-state index in [4.69, 9.17) is 4.74 Å². The summed E-state index contributed by atoms with van der Waals surface area (Å²) in [7, 11) is 0. The van der Waals surface area contributed by atoms with Gasteiger partial charge in [-0.15, -0.1) is 0 Å². The van der Waals surface area contributed by atoms with Crippen molar-refractivity contribution >= 4 is 23.6 Å². The van der Waals surface area contributed by atoms with Crippen LogP contribution >= 0.6 is 0 Å². The monoisotopic (exact) mass is 367 g/mol. The average molecular weight is 367 g/mol. The fourth-order valence-corrected chi connectivity index (χ4v) is 2.65. The highest BCUT2D eigenvalue weighted by atomic mass is 16.5. The topological polar surface area (TPSA) is 101 Å². The van der Waals surface area contributed by atoms with E-state index in [0.29, 0.717) is 25.2 Å². The lowest BCUT2D eigenvalue weighted by atomic mass is 9.87. The van der Waals surface area contributed by atoms with Gasteiger partial charge in [-0.05, 0) is 45.4 Å². The van der Waals surface area contributed by atoms with E-state index in [1.807, 2.05) is 13.8 Å². The number of ketones is 1. The third-order valence-electron chi connectivity index (χ3n) is 4.29. The second-order valence-electron chi connectivity index (χ2n) is 7.70. The van der Waals surface area contributed by atoms with Gasteiger partial charge < -0.3 is 14.7 Å². The van der Waals surface area contributed by atoms with Crippen molar-refractivity contribution in [3.63, 3.8) is 0 Å². The number of hydrogen-bond donors (Lipinski definition) is 1. The number of ether oxygens (including phenoxy) is 1. The molecule has 0 aromatic carbocycles. The molecular weight excluding hydrogens is 338 g/mol. The first-order valence-electron chi connectivity index (χ1n) is 8.97. The van der Waals surface area contributed by atoms with Gasteiger partial charge in [0.25, 0.3) is 5.91 Å². The van der Waals surface area contributed by atoms with E-state index in [1.165, 1.54) is 19.9 Å². The SMILES string of the molecule is CC(C)C/C=C\C(=O)OCC(C)(C)C(=O)C(=O)N1CCCC[C@H]1C(=O)O. The Kier molecular flexibility index (Phi) is 7.99. The summed E-state index contributed by atoms with van der Waals surface area (Å²) < 4.78 is 5.09. The lowest BCUT2D eigenvalue weighted by molar-refractivity contribution is -0.159. The van der Waals surface area contributed by atoms with Crippen LogP contribution in [-0.4, -0.2) is 52.8 Å². The Hall–Kier alpha value is -2.18. The highest BCUT2D eigenvalue weighted by Gasteiger charge is 2.41. The summed E-state index contributed by atoms with van der Waals surface area (Å²) in [5.74, 6) is -2.83. The minimum absolute atomic E-state index is 0.242. The van der Waals surface area contributed by atoms with Crippen molar-refractivity contribution < 1.29 is 29.0 Å². The number of allylic oxidation sites excluding steroid dienone is 1. The molecule has 1 aliphatic rings. The van der Waals surface area contributed by atoms with Crippen LogP contribution in [0.1, 0.15) is 53.4 Å². The van der Waals surface area contributed by atoms with Gasteiger partial charge in [0.05, 0.1) is 5.41 Å². The van der Waals surface area contributed by atoms with Crippen molar-refractivity contribution in [1.29, 1.82) is 0 Å². The third kappa shape index (κ3) is 6.28. The molecule has 1 aliphatic heterocycles. The van der Waals surface area contributed by atoms with Crippen molar-refractivity contribution in [3.05, 3.63) is 12.2 Å². The molecule has 0 aliphatic carbocycles. The Balaban J connectivity index is 2.68. The fourth-order valence-electron chi connectivity index (χ4n) is 2.65. The number of carbonyl (C=O) groups excluding carboxylic acids is 3. The molecule has 0 saturated carbocycles. The minimum atomic E-state index is -1.22. The molecule has 7 heteroatoms. The number of carboxylic acid groups (broad SMARTS) is 1. The van der Waals surface area contributed by atoms with Crippen molar-refractivity contribution in [2.45, 2.75) is 59.4 Å². The van der Waals surface area contributed by atoms with Crippen LogP contribution in [0.15, 0.2) is 12.2 Å². The Labute approximate surface area is 154 Å². The predicted molar refractivity (Wildman–Crippen MR) is 95.3 cm³/mol. The summed E-state index contributed by atoms with van der Waals surface area (Å²) in [6, 6.07) is -0.975. The predicted octanol–water partition coefficient (Wildman–Crippen LogP) is 2.19. The van der Waals surface area contributed by atoms with Crippen LogP contribution in [0.4, 0.5) is 0 Å². The molecule has 0 radical (unpaired) electrons. The highest BCUT2D eigenvalue weighted by molar-refractivity contribution is 6.38. The number of amides is 1. The molecule has 1 rings (SSSR count). The molecular formula is C19H29NO6. The maximum atomic E-state index is 12.6. The zero-order valence-corrected chi connectivity index (χ0v) is 16.0. The first-order chi connectivity index (χ1) is 12.1. The van der Waals surface area contributed by atoms with Gasteiger partial charge in [0.15, 0.2) is 0 Å². The summed E-state index contributed by atoms with van der Waals surface area (Å²) >= 11 is 0. The molecule has 1 atom stereocenters. The van der Waals surface area contributed by atoms with Crippen LogP contribution < -0.4 is 0 Å². The summed E-state index contributed by atoms with van der Waals surface area (Å²) in [6.07, 6.45) is 5.47. The van der Waals surface area contributed by atoms with Gasteiger partial charge in [-0.3, -0.25) is 9.59 Å². The Morgan fingerprint density at radius 1 is 1.23 bits per heavy atom. The summed E-state index contributed by atoms with van der Waals surface area (Å²) in [4.78, 5) is 49.2. The number of carboxylic acids is 1. The Morgan fingerprint density at radius 2 is 1.88 bits per heavy atom. The van der Waals surface area contributed by atoms with Crippen molar-refractivity contribution in [2.24, 2.45) is 11.3 Å². The molecule has 1 saturated heterocycles. The van der Waals surface area contributed by atoms with Crippen LogP contribution in [0.2, 0.25) is 0 Å². The molecule has 0 spiro atoms. The molecule has 1 N–H and O–H groups in total. The summed E-state index contributed by atoms with van der Waals surface area (Å²) in [5, 5.41) is 9.26. The second kappa shape index (κ2) is 9.50. The quantitative estimate of drug-likeness (QED) is 0.401. The lowest BCUT2D eigenvalue weighted by Gasteiger charge is -2.34. The van der Waals surface area contributed by atoms with E-state index < -0.39 is 35.1 Å². The average Bonchev–Trinajstić information content (AvgIpc) is 2.58. The van der Waals surface area contributed by atoms with Crippen LogP contribution in [0.25, 0.3) is 0 Å². The zero-order chi connectivity index (χ0) is 19.9. The van der Waals surface area contributed by atoms with E-state index >= 15 is 0 Å². The number of nitrogens with zero attached hydrogens (tertiary/aromatic N) is 1. The number of rotatable bonds is 8. The van der Waals surface area contributed by atoms with Crippen molar-refractivity contribution in [3.8, 4) is 0 Å². The molecule has 1 heterocycles. The molecule has 0 aromatic heterocycles. The van der Waals surface area contributed by atoms with Gasteiger partial charge in [0.1, 0.15) is 12.6 Å². The molecule has 1 fully saturated rings. The first kappa shape index (κ1) is 21.9. The highest BCUT2D eigenvalue weighted by Crippen LogP contribution is 2.23. The third-order valence-corrected chi connectivity index (χ3v) is 4.29. The van der Waals surface area contributed by atoms with Crippen molar-refractivity contribution in [2.75, 3.05) is 13.2 Å². The zero-order valence-electron chi connectivity index (χ0n) is 16.0. The Bertz CT molecular complexity index is 579. The lowest BCUT2D eigenvalue weighted by Crippen LogP contribution is -2.53. The molecule has 0 unspecified atom stereocenters. The van der Waals surface area contributed by atoms with Gasteiger partial charge in [0.2, 0.25) is 5.78 Å². The van der Waals surface area contributed by atoms with Crippen LogP contribution in [0.3, 0.4) is 0 Å². The number of aliphatic carboxylic acids is 1. The minimum Gasteiger partial charge on any atom is -0.480 e. The van der Waals surface area contributed by atoms with Crippen molar-refractivity contribution in [1.82, 2.24) is 4.90 Å². The fraction of sp³-hybridized carbons (Fsp3) is 0.684. The summed E-state index contributed by atoms with van der Waals surface area (Å²) in [5.41, 5.74) is -1.22. The maximum absolute atomic E-state index is 12.6. The van der Waals surface area contributed by atoms with Crippen LogP contribution in [0, 0.1) is 11.3 Å². The van der Waals surface area contributed by atoms with Gasteiger partial charge in [-0.1, -0.05) is 19.9 Å². The molecule has 1 amide bonds. The van der Waals surface area contributed by atoms with E-state index in [1.54, 1.807) is 6.08 Å². The van der Waals surface area contributed by atoms with E-state index in [2.05, 4.69) is 0 Å². The van der Waals surface area contributed by atoms with E-state index in [0.717, 1.165) is 11.3 Å². The number of Topliss-reactive ketones (excluding diaryl/α,β-unsaturated/α-hetero) is 1. The van der Waals surface area contributed by atoms with E-state index in [-0.39, 0.29) is 13.2 Å². The van der Waals surface area contributed by atoms with Crippen LogP contribution in [0.5, 0.6) is 0 Å². The standard InChI is InChI=1S/C19H29NO6/c1-13(2)8-7-10-15(21)26-12-19(3,4)16(22)17(23)20-11-6-5-9-14(20)18(24)25/h7,10,13-14H,5-6,8-9,11-12H2,1-4H3,(H,24,25)/b10-7-/t14-/m0/s1. The maximum Gasteiger partial charge on any atom is 0.330 e. The van der Waals surface area contributed by atoms with Crippen LogP contribution in [-0.2, 0) is 23.9 Å². The Morgan fingerprint density at radius 3 is 2.46 bits per heavy atom. The largest absolute Gasteiger partial charge is 0.480 e. The molecule has 0 aromatic rings. The first-order valence-corrected chi connectivity index (χ1v) is 8.97. The number of likely N-dealkylation sites (tertiary alicyclic amines) is 1. The second-order valence-corrected chi connectivity index (χ2v) is 7.70. The normalized spacial score (nSPS) is 18.2. The summed E-state index contributed by atoms with van der Waals surface area (Å²) in [6.45, 7) is 7.07. The smallest absolute Gasteiger partial charge is 0.330 e. The van der Waals surface area contributed by atoms with Gasteiger partial charge in [-0.2, -0.15) is 0 Å². The molecule has 26 heavy (non-hydrogen) atoms. The number of carbonyl (C=O) groups is 4. The molecule has 0 bridgehead atoms. The van der Waals surface area contributed by atoms with Gasteiger partial charge in [-0.25, -0.2) is 9.59 Å².